The summed E-state index contributed by atoms with van der Waals surface area (Å²) in [6, 6.07) is 12.5. The van der Waals surface area contributed by atoms with E-state index in [1.807, 2.05) is 0 Å². The number of hydrogen-bond acceptors (Lipinski definition) is 6. The van der Waals surface area contributed by atoms with E-state index in [2.05, 4.69) is 15.6 Å². The van der Waals surface area contributed by atoms with Gasteiger partial charge in [0.1, 0.15) is 11.6 Å². The molecule has 0 unspecified atom stereocenters. The van der Waals surface area contributed by atoms with Gasteiger partial charge in [0.15, 0.2) is 11.5 Å². The van der Waals surface area contributed by atoms with Crippen LogP contribution in [-0.2, 0) is 0 Å². The number of amides is 1. The number of pyridine rings is 1. The van der Waals surface area contributed by atoms with Crippen molar-refractivity contribution in [3.63, 3.8) is 0 Å². The Kier molecular flexibility index (Phi) is 6.13. The third-order valence-electron chi connectivity index (χ3n) is 4.08. The fraction of sp³-hybridized carbons (Fsp3) is 0.143. The molecule has 0 aliphatic heterocycles. The average Bonchev–Trinajstić information content (AvgIpc) is 2.74. The van der Waals surface area contributed by atoms with Gasteiger partial charge in [-0.05, 0) is 24.3 Å². The van der Waals surface area contributed by atoms with Crippen molar-refractivity contribution in [1.29, 1.82) is 0 Å². The molecule has 1 amide bonds. The summed E-state index contributed by atoms with van der Waals surface area (Å²) < 4.78 is 29.7. The fourth-order valence-electron chi connectivity index (χ4n) is 2.70. The van der Waals surface area contributed by atoms with Crippen molar-refractivity contribution in [3.05, 3.63) is 66.1 Å². The number of benzene rings is 2. The molecule has 0 radical (unpaired) electrons. The number of nitrogens with one attached hydrogen (secondary N) is 2. The highest BCUT2D eigenvalue weighted by molar-refractivity contribution is 6.05. The second-order valence-corrected chi connectivity index (χ2v) is 5.90. The number of methoxy groups -OCH3 is 3. The van der Waals surface area contributed by atoms with Crippen LogP contribution in [0, 0.1) is 5.82 Å². The molecule has 8 heteroatoms. The van der Waals surface area contributed by atoms with Crippen molar-refractivity contribution in [3.8, 4) is 17.2 Å². The van der Waals surface area contributed by atoms with Gasteiger partial charge >= 0.3 is 0 Å². The van der Waals surface area contributed by atoms with E-state index < -0.39 is 5.82 Å². The molecular formula is C21H20FN3O4. The van der Waals surface area contributed by atoms with E-state index in [9.17, 15) is 9.18 Å². The van der Waals surface area contributed by atoms with Crippen molar-refractivity contribution >= 4 is 23.1 Å². The fourth-order valence-corrected chi connectivity index (χ4v) is 2.70. The normalized spacial score (nSPS) is 10.2. The highest BCUT2D eigenvalue weighted by atomic mass is 19.1. The van der Waals surface area contributed by atoms with Crippen molar-refractivity contribution in [1.82, 2.24) is 4.98 Å². The van der Waals surface area contributed by atoms with Crippen LogP contribution in [0.4, 0.5) is 21.6 Å². The Labute approximate surface area is 167 Å². The van der Waals surface area contributed by atoms with Crippen LogP contribution in [0.1, 0.15) is 10.4 Å². The maximum atomic E-state index is 13.8. The Morgan fingerprint density at radius 3 is 2.28 bits per heavy atom. The summed E-state index contributed by atoms with van der Waals surface area (Å²) in [5.74, 6) is 0.804. The molecule has 7 nitrogen and oxygen atoms in total. The summed E-state index contributed by atoms with van der Waals surface area (Å²) in [4.78, 5) is 16.8. The molecule has 3 rings (SSSR count). The molecule has 0 bridgehead atoms. The van der Waals surface area contributed by atoms with Gasteiger partial charge in [0.05, 0.1) is 27.0 Å². The third-order valence-corrected chi connectivity index (χ3v) is 4.08. The van der Waals surface area contributed by atoms with Crippen LogP contribution >= 0.6 is 0 Å². The third kappa shape index (κ3) is 4.55. The van der Waals surface area contributed by atoms with E-state index in [1.165, 1.54) is 39.7 Å². The van der Waals surface area contributed by atoms with Gasteiger partial charge < -0.3 is 24.8 Å². The first kappa shape index (κ1) is 19.9. The highest BCUT2D eigenvalue weighted by Crippen LogP contribution is 2.40. The summed E-state index contributed by atoms with van der Waals surface area (Å²) >= 11 is 0. The Morgan fingerprint density at radius 1 is 0.966 bits per heavy atom. The first-order valence-electron chi connectivity index (χ1n) is 8.64. The van der Waals surface area contributed by atoms with Gasteiger partial charge in [-0.25, -0.2) is 9.37 Å². The van der Waals surface area contributed by atoms with Gasteiger partial charge in [-0.3, -0.25) is 4.79 Å². The van der Waals surface area contributed by atoms with Crippen LogP contribution in [0.2, 0.25) is 0 Å². The van der Waals surface area contributed by atoms with Crippen molar-refractivity contribution in [2.24, 2.45) is 0 Å². The van der Waals surface area contributed by atoms with Crippen LogP contribution < -0.4 is 24.8 Å². The van der Waals surface area contributed by atoms with Gasteiger partial charge in [-0.2, -0.15) is 0 Å². The molecule has 0 spiro atoms. The predicted molar refractivity (Wildman–Crippen MR) is 108 cm³/mol. The smallest absolute Gasteiger partial charge is 0.255 e. The Hall–Kier alpha value is -3.81. The van der Waals surface area contributed by atoms with Crippen molar-refractivity contribution < 1.29 is 23.4 Å². The maximum Gasteiger partial charge on any atom is 0.255 e. The topological polar surface area (TPSA) is 81.7 Å². The van der Waals surface area contributed by atoms with Gasteiger partial charge in [0, 0.05) is 29.6 Å². The lowest BCUT2D eigenvalue weighted by Crippen LogP contribution is -2.13. The molecule has 0 atom stereocenters. The molecule has 1 aromatic heterocycles. The van der Waals surface area contributed by atoms with Crippen LogP contribution in [0.25, 0.3) is 0 Å². The molecule has 0 fully saturated rings. The zero-order chi connectivity index (χ0) is 20.8. The summed E-state index contributed by atoms with van der Waals surface area (Å²) in [5, 5.41) is 5.64. The number of anilines is 3. The minimum atomic E-state index is -0.415. The molecule has 0 saturated carbocycles. The minimum Gasteiger partial charge on any atom is -0.493 e. The van der Waals surface area contributed by atoms with Gasteiger partial charge in [0.25, 0.3) is 5.91 Å². The standard InChI is InChI=1S/C21H20FN3O4/c1-27-17-11-14(12-18(28-2)20(17)29-3)24-21(26)13-8-9-23-19(10-13)25-16-7-5-4-6-15(16)22/h4-12H,1-3H3,(H,23,25)(H,24,26). The van der Waals surface area contributed by atoms with E-state index in [4.69, 9.17) is 14.2 Å². The molecular weight excluding hydrogens is 377 g/mol. The first-order valence-corrected chi connectivity index (χ1v) is 8.64. The lowest BCUT2D eigenvalue weighted by molar-refractivity contribution is 0.102. The summed E-state index contributed by atoms with van der Waals surface area (Å²) in [6.07, 6.45) is 1.47. The molecule has 2 N–H and O–H groups in total. The van der Waals surface area contributed by atoms with Gasteiger partial charge in [-0.15, -0.1) is 0 Å². The monoisotopic (exact) mass is 397 g/mol. The number of carbonyl (C=O) groups is 1. The van der Waals surface area contributed by atoms with E-state index in [-0.39, 0.29) is 11.6 Å². The lowest BCUT2D eigenvalue weighted by atomic mass is 10.2. The largest absolute Gasteiger partial charge is 0.493 e. The highest BCUT2D eigenvalue weighted by Gasteiger charge is 2.15. The number of rotatable bonds is 7. The number of hydrogen-bond donors (Lipinski definition) is 2. The van der Waals surface area contributed by atoms with Crippen molar-refractivity contribution in [2.75, 3.05) is 32.0 Å². The maximum absolute atomic E-state index is 13.8. The van der Waals surface area contributed by atoms with Crippen LogP contribution in [0.15, 0.2) is 54.7 Å². The molecule has 150 valence electrons. The van der Waals surface area contributed by atoms with Gasteiger partial charge in [0.2, 0.25) is 5.75 Å². The van der Waals surface area contributed by atoms with Gasteiger partial charge in [-0.1, -0.05) is 12.1 Å². The molecule has 3 aromatic rings. The van der Waals surface area contributed by atoms with E-state index in [0.29, 0.717) is 34.3 Å². The molecule has 29 heavy (non-hydrogen) atoms. The SMILES string of the molecule is COc1cc(NC(=O)c2ccnc(Nc3ccccc3F)c2)cc(OC)c1OC. The summed E-state index contributed by atoms with van der Waals surface area (Å²) in [7, 11) is 4.48. The molecule has 1 heterocycles. The number of carbonyl (C=O) groups excluding carboxylic acids is 1. The second-order valence-electron chi connectivity index (χ2n) is 5.90. The molecule has 2 aromatic carbocycles. The molecule has 0 aliphatic rings. The average molecular weight is 397 g/mol. The molecule has 0 aliphatic carbocycles. The van der Waals surface area contributed by atoms with E-state index in [0.717, 1.165) is 0 Å². The van der Waals surface area contributed by atoms with Crippen molar-refractivity contribution in [2.45, 2.75) is 0 Å². The zero-order valence-corrected chi connectivity index (χ0v) is 16.2. The number of para-hydroxylation sites is 1. The number of halogens is 1. The number of ether oxygens (including phenoxy) is 3. The Morgan fingerprint density at radius 2 is 1.66 bits per heavy atom. The summed E-state index contributed by atoms with van der Waals surface area (Å²) in [5.41, 5.74) is 1.07. The predicted octanol–water partition coefficient (Wildman–Crippen LogP) is 4.24. The Bertz CT molecular complexity index is 1000. The number of nitrogens with zero attached hydrogens (tertiary/aromatic N) is 1. The minimum absolute atomic E-state index is 0.266. The second kappa shape index (κ2) is 8.92. The summed E-state index contributed by atoms with van der Waals surface area (Å²) in [6.45, 7) is 0. The van der Waals surface area contributed by atoms with Crippen LogP contribution in [0.5, 0.6) is 17.2 Å². The van der Waals surface area contributed by atoms with Crippen LogP contribution in [0.3, 0.4) is 0 Å². The van der Waals surface area contributed by atoms with E-state index >= 15 is 0 Å². The van der Waals surface area contributed by atoms with Crippen LogP contribution in [-0.4, -0.2) is 32.2 Å². The Balaban J connectivity index is 1.82. The first-order chi connectivity index (χ1) is 14.0. The quantitative estimate of drug-likeness (QED) is 0.621. The zero-order valence-electron chi connectivity index (χ0n) is 16.2. The number of aromatic nitrogens is 1. The van der Waals surface area contributed by atoms with E-state index in [1.54, 1.807) is 36.4 Å². The lowest BCUT2D eigenvalue weighted by Gasteiger charge is -2.15. The molecule has 0 saturated heterocycles.